The van der Waals surface area contributed by atoms with Crippen LogP contribution >= 0.6 is 15.9 Å². The van der Waals surface area contributed by atoms with Gasteiger partial charge in [-0.25, -0.2) is 9.18 Å². The molecule has 26 heavy (non-hydrogen) atoms. The summed E-state index contributed by atoms with van der Waals surface area (Å²) in [6.45, 7) is 1.10. The average molecular weight is 426 g/mol. The van der Waals surface area contributed by atoms with Gasteiger partial charge in [0.2, 0.25) is 5.82 Å². The third-order valence-electron chi connectivity index (χ3n) is 4.16. The number of amides is 1. The summed E-state index contributed by atoms with van der Waals surface area (Å²) in [5, 5.41) is 0. The van der Waals surface area contributed by atoms with Gasteiger partial charge in [-0.2, -0.15) is 4.39 Å². The normalized spacial score (nSPS) is 15.0. The minimum Gasteiger partial charge on any atom is -0.487 e. The number of carbonyl (C=O) groups is 1. The molecule has 1 amide bonds. The fourth-order valence-corrected chi connectivity index (χ4v) is 3.17. The monoisotopic (exact) mass is 425 g/mol. The zero-order valence-electron chi connectivity index (χ0n) is 14.0. The van der Waals surface area contributed by atoms with Gasteiger partial charge in [0.25, 0.3) is 0 Å². The van der Waals surface area contributed by atoms with E-state index in [0.717, 1.165) is 11.6 Å². The first-order chi connectivity index (χ1) is 12.5. The molecule has 0 aliphatic carbocycles. The van der Waals surface area contributed by atoms with E-state index in [1.165, 1.54) is 6.07 Å². The van der Waals surface area contributed by atoms with E-state index in [-0.39, 0.29) is 24.6 Å². The first kappa shape index (κ1) is 18.6. The van der Waals surface area contributed by atoms with Crippen LogP contribution in [-0.2, 0) is 11.3 Å². The lowest BCUT2D eigenvalue weighted by Gasteiger charge is -2.31. The molecule has 1 aliphatic rings. The predicted octanol–water partition coefficient (Wildman–Crippen LogP) is 4.91. The van der Waals surface area contributed by atoms with Crippen molar-refractivity contribution in [3.05, 3.63) is 64.1 Å². The van der Waals surface area contributed by atoms with E-state index in [1.54, 1.807) is 4.90 Å². The highest BCUT2D eigenvalue weighted by Crippen LogP contribution is 2.28. The van der Waals surface area contributed by atoms with Crippen LogP contribution < -0.4 is 4.74 Å². The Morgan fingerprint density at radius 1 is 1.15 bits per heavy atom. The smallest absolute Gasteiger partial charge is 0.410 e. The van der Waals surface area contributed by atoms with Gasteiger partial charge in [0.1, 0.15) is 12.7 Å². The second kappa shape index (κ2) is 8.49. The molecule has 7 heteroatoms. The van der Waals surface area contributed by atoms with E-state index >= 15 is 0 Å². The van der Waals surface area contributed by atoms with Crippen molar-refractivity contribution >= 4 is 22.0 Å². The number of hydrogen-bond acceptors (Lipinski definition) is 3. The largest absolute Gasteiger partial charge is 0.487 e. The van der Waals surface area contributed by atoms with Gasteiger partial charge >= 0.3 is 6.09 Å². The van der Waals surface area contributed by atoms with E-state index < -0.39 is 11.6 Å². The standard InChI is InChI=1S/C19H18BrF2NO3/c20-14-10-16(21)18(22)17(11-14)26-15-6-8-23(9-7-15)19(24)25-12-13-4-2-1-3-5-13/h1-5,10-11,15H,6-9,12H2. The van der Waals surface area contributed by atoms with Crippen molar-refractivity contribution in [1.29, 1.82) is 0 Å². The molecule has 4 nitrogen and oxygen atoms in total. The maximum atomic E-state index is 13.8. The highest BCUT2D eigenvalue weighted by atomic mass is 79.9. The molecule has 1 saturated heterocycles. The SMILES string of the molecule is O=C(OCc1ccccc1)N1CCC(Oc2cc(Br)cc(F)c2F)CC1. The molecular weight excluding hydrogens is 408 g/mol. The van der Waals surface area contributed by atoms with Crippen LogP contribution in [0.15, 0.2) is 46.9 Å². The summed E-state index contributed by atoms with van der Waals surface area (Å²) < 4.78 is 38.5. The maximum absolute atomic E-state index is 13.8. The van der Waals surface area contributed by atoms with Crippen LogP contribution in [0, 0.1) is 11.6 Å². The molecule has 0 saturated carbocycles. The van der Waals surface area contributed by atoms with E-state index in [2.05, 4.69) is 15.9 Å². The molecule has 2 aromatic carbocycles. The molecule has 3 rings (SSSR count). The number of ether oxygens (including phenoxy) is 2. The quantitative estimate of drug-likeness (QED) is 0.653. The van der Waals surface area contributed by atoms with Crippen LogP contribution in [0.2, 0.25) is 0 Å². The number of likely N-dealkylation sites (tertiary alicyclic amines) is 1. The van der Waals surface area contributed by atoms with Gasteiger partial charge in [-0.1, -0.05) is 46.3 Å². The topological polar surface area (TPSA) is 38.8 Å². The molecule has 1 heterocycles. The van der Waals surface area contributed by atoms with Crippen molar-refractivity contribution in [2.75, 3.05) is 13.1 Å². The molecule has 0 atom stereocenters. The van der Waals surface area contributed by atoms with Crippen LogP contribution in [0.4, 0.5) is 13.6 Å². The maximum Gasteiger partial charge on any atom is 0.410 e. The Balaban J connectivity index is 1.49. The van der Waals surface area contributed by atoms with Gasteiger partial charge in [-0.15, -0.1) is 0 Å². The molecule has 138 valence electrons. The van der Waals surface area contributed by atoms with Crippen molar-refractivity contribution in [3.8, 4) is 5.75 Å². The highest BCUT2D eigenvalue weighted by molar-refractivity contribution is 9.10. The summed E-state index contributed by atoms with van der Waals surface area (Å²) >= 11 is 3.12. The Kier molecular flexibility index (Phi) is 6.08. The molecule has 1 aliphatic heterocycles. The number of hydrogen-bond donors (Lipinski definition) is 0. The zero-order valence-corrected chi connectivity index (χ0v) is 15.5. The summed E-state index contributed by atoms with van der Waals surface area (Å²) in [5.74, 6) is -2.09. The second-order valence-electron chi connectivity index (χ2n) is 6.04. The third-order valence-corrected chi connectivity index (χ3v) is 4.62. The van der Waals surface area contributed by atoms with Crippen LogP contribution in [-0.4, -0.2) is 30.2 Å². The van der Waals surface area contributed by atoms with Crippen LogP contribution in [0.5, 0.6) is 5.75 Å². The first-order valence-corrected chi connectivity index (χ1v) is 9.09. The van der Waals surface area contributed by atoms with Gasteiger partial charge in [-0.05, 0) is 17.7 Å². The molecule has 2 aromatic rings. The molecule has 0 bridgehead atoms. The highest BCUT2D eigenvalue weighted by Gasteiger charge is 2.26. The first-order valence-electron chi connectivity index (χ1n) is 8.30. The van der Waals surface area contributed by atoms with Gasteiger partial charge in [0.05, 0.1) is 0 Å². The minimum absolute atomic E-state index is 0.123. The Hall–Kier alpha value is -2.15. The van der Waals surface area contributed by atoms with Crippen LogP contribution in [0.25, 0.3) is 0 Å². The summed E-state index contributed by atoms with van der Waals surface area (Å²) in [6, 6.07) is 11.9. The van der Waals surface area contributed by atoms with Crippen molar-refractivity contribution < 1.29 is 23.0 Å². The summed E-state index contributed by atoms with van der Waals surface area (Å²) in [6.07, 6.45) is 0.380. The molecule has 1 fully saturated rings. The number of piperidine rings is 1. The number of nitrogens with zero attached hydrogens (tertiary/aromatic N) is 1. The van der Waals surface area contributed by atoms with Gasteiger partial charge in [-0.3, -0.25) is 0 Å². The number of halogens is 3. The van der Waals surface area contributed by atoms with Gasteiger partial charge in [0, 0.05) is 30.4 Å². The Morgan fingerprint density at radius 3 is 2.54 bits per heavy atom. The lowest BCUT2D eigenvalue weighted by atomic mass is 10.1. The van der Waals surface area contributed by atoms with E-state index in [1.807, 2.05) is 30.3 Å². The molecule has 0 radical (unpaired) electrons. The van der Waals surface area contributed by atoms with E-state index in [4.69, 9.17) is 9.47 Å². The van der Waals surface area contributed by atoms with E-state index in [9.17, 15) is 13.6 Å². The lowest BCUT2D eigenvalue weighted by Crippen LogP contribution is -2.42. The average Bonchev–Trinajstić information content (AvgIpc) is 2.65. The third kappa shape index (κ3) is 4.72. The number of carbonyl (C=O) groups excluding carboxylic acids is 1. The van der Waals surface area contributed by atoms with Gasteiger partial charge in [0.15, 0.2) is 11.6 Å². The molecule has 0 N–H and O–H groups in total. The summed E-state index contributed by atoms with van der Waals surface area (Å²) in [7, 11) is 0. The van der Waals surface area contributed by atoms with Crippen molar-refractivity contribution in [3.63, 3.8) is 0 Å². The predicted molar refractivity (Wildman–Crippen MR) is 95.9 cm³/mol. The van der Waals surface area contributed by atoms with Crippen molar-refractivity contribution in [2.45, 2.75) is 25.6 Å². The van der Waals surface area contributed by atoms with Crippen LogP contribution in [0.1, 0.15) is 18.4 Å². The summed E-state index contributed by atoms with van der Waals surface area (Å²) in [4.78, 5) is 13.7. The molecule has 0 spiro atoms. The Morgan fingerprint density at radius 2 is 1.85 bits per heavy atom. The van der Waals surface area contributed by atoms with Crippen LogP contribution in [0.3, 0.4) is 0 Å². The summed E-state index contributed by atoms with van der Waals surface area (Å²) in [5.41, 5.74) is 0.922. The van der Waals surface area contributed by atoms with Crippen molar-refractivity contribution in [2.24, 2.45) is 0 Å². The van der Waals surface area contributed by atoms with Gasteiger partial charge < -0.3 is 14.4 Å². The van der Waals surface area contributed by atoms with E-state index in [0.29, 0.717) is 30.4 Å². The minimum atomic E-state index is -1.00. The molecular formula is C19H18BrF2NO3. The Labute approximate surface area is 158 Å². The van der Waals surface area contributed by atoms with Crippen molar-refractivity contribution in [1.82, 2.24) is 4.90 Å². The fourth-order valence-electron chi connectivity index (χ4n) is 2.76. The second-order valence-corrected chi connectivity index (χ2v) is 6.96. The zero-order chi connectivity index (χ0) is 18.5. The lowest BCUT2D eigenvalue weighted by molar-refractivity contribution is 0.0624. The Bertz CT molecular complexity index is 765. The number of rotatable bonds is 4. The number of benzene rings is 2. The molecule has 0 unspecified atom stereocenters. The molecule has 0 aromatic heterocycles. The fraction of sp³-hybridized carbons (Fsp3) is 0.316.